The summed E-state index contributed by atoms with van der Waals surface area (Å²) in [5.74, 6) is -1.13. The van der Waals surface area contributed by atoms with E-state index in [1.165, 1.54) is 21.6 Å². The molecule has 0 radical (unpaired) electrons. The van der Waals surface area contributed by atoms with Crippen molar-refractivity contribution in [3.05, 3.63) is 0 Å². The smallest absolute Gasteiger partial charge is 0.323 e. The van der Waals surface area contributed by atoms with Gasteiger partial charge in [-0.2, -0.15) is 0 Å². The van der Waals surface area contributed by atoms with Gasteiger partial charge in [0.15, 0.2) is 0 Å². The number of aliphatic carboxylic acids is 1. The highest BCUT2D eigenvalue weighted by atomic mass is 33.1. The summed E-state index contributed by atoms with van der Waals surface area (Å²) in [7, 11) is 2.49. The third-order valence-electron chi connectivity index (χ3n) is 1.53. The van der Waals surface area contributed by atoms with Gasteiger partial charge in [-0.05, 0) is 0 Å². The normalized spacial score (nSPS) is 14.1. The molecule has 0 amide bonds. The van der Waals surface area contributed by atoms with Gasteiger partial charge in [-0.3, -0.25) is 9.59 Å². The van der Waals surface area contributed by atoms with Crippen molar-refractivity contribution in [2.45, 2.75) is 12.1 Å². The molecule has 17 heavy (non-hydrogen) atoms. The largest absolute Gasteiger partial charge is 0.480 e. The lowest BCUT2D eigenvalue weighted by molar-refractivity contribution is -0.145. The maximum Gasteiger partial charge on any atom is 0.323 e. The van der Waals surface area contributed by atoms with Crippen molar-refractivity contribution in [1.29, 1.82) is 0 Å². The SMILES string of the molecule is N[C@H](CSSC[C@@H](N)C(=O)OCCO)C(=O)O. The van der Waals surface area contributed by atoms with Crippen molar-refractivity contribution in [2.75, 3.05) is 24.7 Å². The number of aliphatic hydroxyl groups excluding tert-OH is 1. The van der Waals surface area contributed by atoms with Crippen molar-refractivity contribution in [3.63, 3.8) is 0 Å². The van der Waals surface area contributed by atoms with Gasteiger partial charge in [-0.25, -0.2) is 0 Å². The van der Waals surface area contributed by atoms with Gasteiger partial charge in [-0.15, -0.1) is 0 Å². The predicted octanol–water partition coefficient (Wildman–Crippen LogP) is -1.36. The predicted molar refractivity (Wildman–Crippen MR) is 66.5 cm³/mol. The standard InChI is InChI=1S/C8H16N2O5S2/c9-5(7(12)13)3-16-17-4-6(10)8(14)15-2-1-11/h5-6,11H,1-4,9-10H2,(H,12,13)/t5-,6-/m1/s1. The minimum Gasteiger partial charge on any atom is -0.480 e. The van der Waals surface area contributed by atoms with Crippen LogP contribution in [0.15, 0.2) is 0 Å². The highest BCUT2D eigenvalue weighted by Crippen LogP contribution is 2.22. The van der Waals surface area contributed by atoms with Crippen LogP contribution in [0, 0.1) is 0 Å². The number of carboxylic acid groups (broad SMARTS) is 1. The Balaban J connectivity index is 3.60. The van der Waals surface area contributed by atoms with Crippen molar-refractivity contribution in [2.24, 2.45) is 11.5 Å². The van der Waals surface area contributed by atoms with Crippen LogP contribution in [0.2, 0.25) is 0 Å². The number of carboxylic acids is 1. The highest BCUT2D eigenvalue weighted by Gasteiger charge is 2.16. The number of ether oxygens (including phenoxy) is 1. The monoisotopic (exact) mass is 284 g/mol. The van der Waals surface area contributed by atoms with Gasteiger partial charge in [0.1, 0.15) is 18.7 Å². The number of rotatable bonds is 9. The minimum atomic E-state index is -1.07. The first-order chi connectivity index (χ1) is 7.99. The molecule has 7 nitrogen and oxygen atoms in total. The Morgan fingerprint density at radius 3 is 2.18 bits per heavy atom. The highest BCUT2D eigenvalue weighted by molar-refractivity contribution is 8.76. The molecule has 0 spiro atoms. The van der Waals surface area contributed by atoms with Crippen LogP contribution >= 0.6 is 21.6 Å². The summed E-state index contributed by atoms with van der Waals surface area (Å²) in [6.45, 7) is -0.317. The molecule has 0 heterocycles. The molecule has 0 unspecified atom stereocenters. The van der Waals surface area contributed by atoms with E-state index < -0.39 is 24.0 Å². The fraction of sp³-hybridized carbons (Fsp3) is 0.750. The summed E-state index contributed by atoms with van der Waals surface area (Å²) in [5, 5.41) is 16.9. The van der Waals surface area contributed by atoms with Crippen LogP contribution in [-0.2, 0) is 14.3 Å². The molecule has 9 heteroatoms. The van der Waals surface area contributed by atoms with Crippen molar-refractivity contribution < 1.29 is 24.5 Å². The summed E-state index contributed by atoms with van der Waals surface area (Å²) >= 11 is 0. The molecule has 6 N–H and O–H groups in total. The lowest BCUT2D eigenvalue weighted by atomic mass is 10.4. The molecular weight excluding hydrogens is 268 g/mol. The van der Waals surface area contributed by atoms with E-state index in [0.29, 0.717) is 5.75 Å². The maximum atomic E-state index is 11.1. The van der Waals surface area contributed by atoms with E-state index in [2.05, 4.69) is 4.74 Å². The van der Waals surface area contributed by atoms with Gasteiger partial charge in [0.2, 0.25) is 0 Å². The van der Waals surface area contributed by atoms with Crippen molar-refractivity contribution >= 4 is 33.5 Å². The lowest BCUT2D eigenvalue weighted by Crippen LogP contribution is -2.35. The molecule has 2 atom stereocenters. The van der Waals surface area contributed by atoms with E-state index >= 15 is 0 Å². The zero-order chi connectivity index (χ0) is 13.3. The first kappa shape index (κ1) is 16.5. The maximum absolute atomic E-state index is 11.1. The second kappa shape index (κ2) is 9.54. The Bertz CT molecular complexity index is 254. The lowest BCUT2D eigenvalue weighted by Gasteiger charge is -2.10. The molecule has 0 saturated heterocycles. The Morgan fingerprint density at radius 2 is 1.71 bits per heavy atom. The zero-order valence-corrected chi connectivity index (χ0v) is 10.7. The van der Waals surface area contributed by atoms with E-state index in [9.17, 15) is 9.59 Å². The second-order valence-electron chi connectivity index (χ2n) is 3.01. The first-order valence-electron chi connectivity index (χ1n) is 4.75. The Hall–Kier alpha value is -0.480. The van der Waals surface area contributed by atoms with Gasteiger partial charge in [0.25, 0.3) is 0 Å². The summed E-state index contributed by atoms with van der Waals surface area (Å²) in [6.07, 6.45) is 0. The van der Waals surface area contributed by atoms with E-state index in [4.69, 9.17) is 21.7 Å². The number of hydrogen-bond donors (Lipinski definition) is 4. The van der Waals surface area contributed by atoms with Gasteiger partial charge >= 0.3 is 11.9 Å². The van der Waals surface area contributed by atoms with Gasteiger partial charge in [-0.1, -0.05) is 21.6 Å². The van der Waals surface area contributed by atoms with Crippen LogP contribution in [-0.4, -0.2) is 59.0 Å². The number of aliphatic hydroxyl groups is 1. The van der Waals surface area contributed by atoms with E-state index in [0.717, 1.165) is 0 Å². The third-order valence-corrected chi connectivity index (χ3v) is 4.01. The average molecular weight is 284 g/mol. The van der Waals surface area contributed by atoms with Crippen LogP contribution in [0.5, 0.6) is 0 Å². The second-order valence-corrected chi connectivity index (χ2v) is 5.56. The Morgan fingerprint density at radius 1 is 1.18 bits per heavy atom. The van der Waals surface area contributed by atoms with Gasteiger partial charge < -0.3 is 26.4 Å². The molecule has 0 aromatic carbocycles. The molecule has 0 rings (SSSR count). The number of carbonyl (C=O) groups is 2. The number of hydrogen-bond acceptors (Lipinski definition) is 8. The molecule has 0 fully saturated rings. The average Bonchev–Trinajstić information content (AvgIpc) is 2.30. The topological polar surface area (TPSA) is 136 Å². The van der Waals surface area contributed by atoms with Crippen LogP contribution in [0.1, 0.15) is 0 Å². The zero-order valence-electron chi connectivity index (χ0n) is 9.07. The first-order valence-corrected chi connectivity index (χ1v) is 7.23. The van der Waals surface area contributed by atoms with Crippen LogP contribution < -0.4 is 11.5 Å². The van der Waals surface area contributed by atoms with Crippen molar-refractivity contribution in [3.8, 4) is 0 Å². The summed E-state index contributed by atoms with van der Waals surface area (Å²) < 4.78 is 4.61. The fourth-order valence-corrected chi connectivity index (χ4v) is 2.86. The van der Waals surface area contributed by atoms with E-state index in [-0.39, 0.29) is 19.0 Å². The van der Waals surface area contributed by atoms with Crippen LogP contribution in [0.25, 0.3) is 0 Å². The molecule has 100 valence electrons. The fourth-order valence-electron chi connectivity index (χ4n) is 0.635. The summed E-state index contributed by atoms with van der Waals surface area (Å²) in [5.41, 5.74) is 10.8. The third kappa shape index (κ3) is 8.27. The molecule has 0 aliphatic carbocycles. The summed E-state index contributed by atoms with van der Waals surface area (Å²) in [6, 6.07) is -1.72. The quantitative estimate of drug-likeness (QED) is 0.230. The van der Waals surface area contributed by atoms with Gasteiger partial charge in [0, 0.05) is 11.5 Å². The Kier molecular flexibility index (Phi) is 9.27. The van der Waals surface area contributed by atoms with Crippen molar-refractivity contribution in [1.82, 2.24) is 0 Å². The van der Waals surface area contributed by atoms with Crippen LogP contribution in [0.4, 0.5) is 0 Å². The molecular formula is C8H16N2O5S2. The summed E-state index contributed by atoms with van der Waals surface area (Å²) in [4.78, 5) is 21.5. The molecule has 0 aliphatic heterocycles. The number of carbonyl (C=O) groups excluding carboxylic acids is 1. The molecule has 0 bridgehead atoms. The number of nitrogens with two attached hydrogens (primary N) is 2. The van der Waals surface area contributed by atoms with Gasteiger partial charge in [0.05, 0.1) is 6.61 Å². The van der Waals surface area contributed by atoms with Crippen LogP contribution in [0.3, 0.4) is 0 Å². The molecule has 0 saturated carbocycles. The number of esters is 1. The molecule has 0 aromatic rings. The minimum absolute atomic E-state index is 0.0752. The van der Waals surface area contributed by atoms with E-state index in [1.807, 2.05) is 0 Å². The van der Waals surface area contributed by atoms with E-state index in [1.54, 1.807) is 0 Å². The Labute approximate surface area is 107 Å². The molecule has 0 aliphatic rings. The molecule has 0 aromatic heterocycles.